The lowest BCUT2D eigenvalue weighted by Gasteiger charge is -2.27. The number of aliphatic imine (C=N–C) groups is 1. The second-order valence-electron chi connectivity index (χ2n) is 20.4. The van der Waals surface area contributed by atoms with Crippen molar-refractivity contribution in [3.8, 4) is 0 Å². The zero-order valence-corrected chi connectivity index (χ0v) is 50.8. The number of carbonyl (C=O) groups is 1. The molecule has 0 aromatic carbocycles. The minimum absolute atomic E-state index is 0. The van der Waals surface area contributed by atoms with Gasteiger partial charge in [0, 0.05) is 18.8 Å². The van der Waals surface area contributed by atoms with Gasteiger partial charge in [0.05, 0.1) is 62.7 Å². The fourth-order valence-electron chi connectivity index (χ4n) is 10.7. The summed E-state index contributed by atoms with van der Waals surface area (Å²) in [7, 11) is -10.4. The Morgan fingerprint density at radius 1 is 0.582 bits per heavy atom. The number of aromatic nitrogens is 13. The number of hydrogen-bond acceptors (Lipinski definition) is 30. The lowest BCUT2D eigenvalue weighted by molar-refractivity contribution is -0.0669. The predicted octanol–water partition coefficient (Wildman–Crippen LogP) is 2.18. The van der Waals surface area contributed by atoms with Gasteiger partial charge in [0.15, 0.2) is 82.5 Å². The number of nitrogens with two attached hydrogens (primary N) is 3. The van der Waals surface area contributed by atoms with Crippen LogP contribution < -0.4 is 28.3 Å². The summed E-state index contributed by atoms with van der Waals surface area (Å²) >= 11 is 11.3. The van der Waals surface area contributed by atoms with Gasteiger partial charge in [-0.3, -0.25) is 69.8 Å². The first-order valence-corrected chi connectivity index (χ1v) is 35.2. The van der Waals surface area contributed by atoms with Gasteiger partial charge in [0.25, 0.3) is 11.1 Å². The minimum atomic E-state index is -5.23. The molecule has 37 nitrogen and oxygen atoms in total. The van der Waals surface area contributed by atoms with Crippen LogP contribution in [0, 0.1) is 0 Å². The van der Waals surface area contributed by atoms with Gasteiger partial charge in [-0.1, -0.05) is 7.43 Å². The first-order chi connectivity index (χ1) is 42.6. The summed E-state index contributed by atoms with van der Waals surface area (Å²) in [5, 5.41) is -2.13. The smallest absolute Gasteiger partial charge is 0.397 e. The Kier molecular flexibility index (Phi) is 17.8. The molecule has 7 aliphatic rings. The molecule has 48 heteroatoms. The van der Waals surface area contributed by atoms with E-state index in [4.69, 9.17) is 91.2 Å². The van der Waals surface area contributed by atoms with Crippen LogP contribution in [0.3, 0.4) is 0 Å². The fraction of sp³-hybridized carbons (Fsp3) is 0.512. The molecule has 6 saturated heterocycles. The predicted molar refractivity (Wildman–Crippen MR) is 311 cm³/mol. The van der Waals surface area contributed by atoms with Gasteiger partial charge >= 0.3 is 29.1 Å². The number of H-pyrrole nitrogens is 2. The Labute approximate surface area is 519 Å². The van der Waals surface area contributed by atoms with Crippen LogP contribution >= 0.6 is 40.8 Å². The highest BCUT2D eigenvalue weighted by Crippen LogP contribution is 2.59. The highest BCUT2D eigenvalue weighted by Gasteiger charge is 2.57. The van der Waals surface area contributed by atoms with E-state index in [0.717, 1.165) is 27.2 Å². The number of nitrogen functional groups attached to an aromatic ring is 3. The zero-order valence-electron chi connectivity index (χ0n) is 44.8. The maximum absolute atomic E-state index is 16.0. The standard InChI is InChI=1S/C21H23F2N9O11P2.C21H22F2N8O9P2S3.CH4/c22-10-8-3-38-44(34,35)42-14-9(41-19(11(14)23)31-5-27-12-7(24)1-2-26-16(12)31)4-39-45(36,37)43-15(10)20(40-8)32-6-28-13-17(32)29-21(25)30-18(13)33;22-10-9-4-37-42(35,44)39-14-8(38-19(11(14)23)30-5-26-12-7(32)1-2-25-16(12)30)3-36-41(34,43)40-15(10)20(45-9)31-6-27-13-17(31)28-21(24)29-18(13)33;/h1-2,5-6,8-11,14-15,19-20H,3-4H2,(H2,24,26)(H,34,35)(H,36,37)(H3,25,29,30,33);2,5-6,8-11,14-15,19-20H,1,3-4H2,(H,34,43)(H,35,44)(H3,24,28,29,33);1H4/t8-,9-,10-,11+,14-,15-,19-,20-;8-,9-,10-,11+,14-,15-,19-,20-,41?,42?;/m11./s1. The van der Waals surface area contributed by atoms with E-state index in [0.29, 0.717) is 0 Å². The minimum Gasteiger partial charge on any atom is -0.397 e. The molecule has 7 aromatic heterocycles. The number of nitrogens with zero attached hydrogens (tertiary/aromatic N) is 12. The van der Waals surface area contributed by atoms with Gasteiger partial charge in [-0.2, -0.15) is 9.97 Å². The molecule has 14 rings (SSSR count). The number of imidazole rings is 4. The maximum atomic E-state index is 16.0. The number of thioether (sulfide) groups is 1. The number of hydrogen-bond donors (Lipinski definition) is 9. The Bertz CT molecular complexity index is 4360. The van der Waals surface area contributed by atoms with E-state index < -0.39 is 163 Å². The molecule has 4 unspecified atom stereocenters. The zero-order chi connectivity index (χ0) is 63.7. The molecular formula is C43H49F4N17O20P4S3. The highest BCUT2D eigenvalue weighted by molar-refractivity contribution is 8.07. The van der Waals surface area contributed by atoms with E-state index in [1.54, 1.807) is 0 Å². The number of fused-ring (bicyclic) bond motifs is 10. The second-order valence-corrected chi connectivity index (χ2v) is 30.2. The van der Waals surface area contributed by atoms with Gasteiger partial charge in [0.1, 0.15) is 59.8 Å². The van der Waals surface area contributed by atoms with Crippen LogP contribution in [0.25, 0.3) is 33.5 Å². The SMILES string of the molecule is C.Nc1nc2c(ncn2[C@@H]2O[C@@H]3COP(=O)(O)O[C@H]4[C@H](F)[C@H](n5cnc6c(N)ccnc65)O[C@@H]4COP(=O)(O)O[C@@H]2[C@@H]3F)c(=O)[nH]1.Nc1nc2c(ncn2[C@@H]2S[C@@H]3COP(O)(=S)O[C@H]4[C@H](F)[C@H](n5cnc6c5N=CCC6=O)O[C@@H]4COP(O)(=S)O[C@@H]2[C@@H]3F)c(=O)[nH]1. The fourth-order valence-corrected chi connectivity index (χ4v) is 17.1. The molecule has 12 N–H and O–H groups in total. The van der Waals surface area contributed by atoms with Crippen LogP contribution in [-0.2, 0) is 83.1 Å². The summed E-state index contributed by atoms with van der Waals surface area (Å²) in [6.45, 7) is -11.7. The second kappa shape index (κ2) is 24.7. The van der Waals surface area contributed by atoms with Crippen molar-refractivity contribution in [2.75, 3.05) is 43.6 Å². The van der Waals surface area contributed by atoms with Crippen molar-refractivity contribution in [1.29, 1.82) is 0 Å². The van der Waals surface area contributed by atoms with Crippen molar-refractivity contribution >= 4 is 133 Å². The van der Waals surface area contributed by atoms with E-state index >= 15 is 17.6 Å². The van der Waals surface area contributed by atoms with Crippen molar-refractivity contribution in [2.45, 2.75) is 111 Å². The Balaban J connectivity index is 0.000000174. The topological polar surface area (TPSA) is 500 Å². The molecular weight excluding hydrogens is 1370 g/mol. The van der Waals surface area contributed by atoms with E-state index in [1.165, 1.54) is 46.6 Å². The Hall–Kier alpha value is -5.50. The average Bonchev–Trinajstić information content (AvgIpc) is 1.66. The summed E-state index contributed by atoms with van der Waals surface area (Å²) < 4.78 is 154. The Morgan fingerprint density at radius 2 is 1.09 bits per heavy atom. The number of aromatic amines is 2. The van der Waals surface area contributed by atoms with E-state index in [2.05, 4.69) is 49.8 Å². The number of nitrogens with one attached hydrogen (secondary N) is 2. The molecule has 0 radical (unpaired) electrons. The van der Waals surface area contributed by atoms with Crippen molar-refractivity contribution in [2.24, 2.45) is 4.99 Å². The molecule has 0 aliphatic carbocycles. The lowest BCUT2D eigenvalue weighted by Crippen LogP contribution is -2.34. The number of phosphoric ester groups is 2. The number of ketones is 1. The van der Waals surface area contributed by atoms with Gasteiger partial charge in [-0.15, -0.1) is 11.8 Å². The lowest BCUT2D eigenvalue weighted by atomic mass is 10.1. The maximum Gasteiger partial charge on any atom is 0.472 e. The average molecular weight is 1420 g/mol. The molecule has 91 heavy (non-hydrogen) atoms. The molecule has 0 saturated carbocycles. The molecule has 0 spiro atoms. The number of alkyl halides is 4. The van der Waals surface area contributed by atoms with Crippen LogP contribution in [-0.4, -0.2) is 194 Å². The quantitative estimate of drug-likeness (QED) is 0.0900. The van der Waals surface area contributed by atoms with Crippen molar-refractivity contribution < 1.29 is 101 Å². The number of ether oxygens (including phenoxy) is 3. The monoisotopic (exact) mass is 1420 g/mol. The van der Waals surface area contributed by atoms with Crippen molar-refractivity contribution in [3.63, 3.8) is 0 Å². The van der Waals surface area contributed by atoms with Crippen molar-refractivity contribution in [1.82, 2.24) is 63.1 Å². The van der Waals surface area contributed by atoms with Crippen molar-refractivity contribution in [3.05, 3.63) is 64.0 Å². The first-order valence-electron chi connectivity index (χ1n) is 26.1. The van der Waals surface area contributed by atoms with E-state index in [9.17, 15) is 43.1 Å². The summed E-state index contributed by atoms with van der Waals surface area (Å²) in [6.07, 6.45) is -17.5. The molecule has 4 bridgehead atoms. The summed E-state index contributed by atoms with van der Waals surface area (Å²) in [4.78, 5) is 117. The van der Waals surface area contributed by atoms with Gasteiger partial charge in [0.2, 0.25) is 11.9 Å². The number of rotatable bonds is 4. The van der Waals surface area contributed by atoms with Crippen LogP contribution in [0.1, 0.15) is 48.4 Å². The number of pyridine rings is 1. The summed E-state index contributed by atoms with van der Waals surface area (Å²) in [5.41, 5.74) is 16.0. The molecule has 7 aromatic rings. The van der Waals surface area contributed by atoms with Crippen LogP contribution in [0.5, 0.6) is 0 Å². The molecule has 0 amide bonds. The van der Waals surface area contributed by atoms with Crippen LogP contribution in [0.4, 0.5) is 41.0 Å². The first kappa shape index (κ1) is 65.6. The van der Waals surface area contributed by atoms with Gasteiger partial charge in [-0.25, -0.2) is 56.6 Å². The number of halogens is 4. The third-order valence-electron chi connectivity index (χ3n) is 14.7. The van der Waals surface area contributed by atoms with E-state index in [-0.39, 0.29) is 82.2 Å². The molecule has 7 aliphatic heterocycles. The Morgan fingerprint density at radius 3 is 1.74 bits per heavy atom. The third kappa shape index (κ3) is 12.5. The molecule has 20 atom stereocenters. The molecule has 6 fully saturated rings. The number of carbonyl (C=O) groups excluding carboxylic acids is 1. The molecule has 492 valence electrons. The van der Waals surface area contributed by atoms with Gasteiger partial charge < -0.3 is 60.0 Å². The number of Topliss-reactive ketones (excluding diaryl/α,β-unsaturated/α-hetero) is 1. The number of anilines is 3. The largest absolute Gasteiger partial charge is 0.472 e. The normalized spacial score (nSPS) is 37.8. The molecule has 14 heterocycles. The highest BCUT2D eigenvalue weighted by atomic mass is 32.5. The van der Waals surface area contributed by atoms with Crippen LogP contribution in [0.2, 0.25) is 0 Å². The van der Waals surface area contributed by atoms with E-state index in [1.807, 2.05) is 0 Å². The summed E-state index contributed by atoms with van der Waals surface area (Å²) in [6, 6.07) is 1.47. The third-order valence-corrected chi connectivity index (χ3v) is 21.3. The van der Waals surface area contributed by atoms with Gasteiger partial charge in [-0.05, 0) is 29.7 Å². The van der Waals surface area contributed by atoms with Crippen LogP contribution in [0.15, 0.2) is 52.2 Å². The summed E-state index contributed by atoms with van der Waals surface area (Å²) in [5.74, 6) is -0.801. The number of phosphoric acid groups is 2.